The van der Waals surface area contributed by atoms with Crippen LogP contribution in [0.25, 0.3) is 10.8 Å². The molecule has 0 fully saturated rings. The molecule has 0 saturated heterocycles. The molecule has 2 heteroatoms. The molecule has 0 aromatic heterocycles. The second-order valence-corrected chi connectivity index (χ2v) is 2.67. The summed E-state index contributed by atoms with van der Waals surface area (Å²) in [4.78, 5) is 0. The van der Waals surface area contributed by atoms with Crippen LogP contribution in [-0.4, -0.2) is 0 Å². The molecule has 0 amide bonds. The summed E-state index contributed by atoms with van der Waals surface area (Å²) >= 11 is 0. The molecule has 0 aliphatic heterocycles. The number of fused-ring (bicyclic) bond motifs is 1. The summed E-state index contributed by atoms with van der Waals surface area (Å²) in [5, 5.41) is 2.28. The average molecular weight is 348 g/mol. The Bertz CT molecular complexity index is 383. The maximum Gasteiger partial charge on any atom is 0 e. The normalized spacial score (nSPS) is 7.53. The van der Waals surface area contributed by atoms with E-state index in [1.54, 1.807) is 0 Å². The van der Waals surface area contributed by atoms with Crippen molar-refractivity contribution in [2.24, 2.45) is 0 Å². The van der Waals surface area contributed by atoms with Gasteiger partial charge in [-0.05, 0) is 0 Å². The zero-order valence-electron chi connectivity index (χ0n) is 9.54. The average Bonchev–Trinajstić information content (AvgIpc) is 2.04. The molecule has 0 saturated carbocycles. The van der Waals surface area contributed by atoms with E-state index in [0.29, 0.717) is 0 Å². The van der Waals surface area contributed by atoms with E-state index >= 15 is 0 Å². The van der Waals surface area contributed by atoms with Crippen LogP contribution < -0.4 is 0 Å². The van der Waals surface area contributed by atoms with Crippen molar-refractivity contribution in [3.63, 3.8) is 0 Å². The van der Waals surface area contributed by atoms with Gasteiger partial charge in [0.25, 0.3) is 0 Å². The fourth-order valence-corrected chi connectivity index (χ4v) is 1.16. The van der Waals surface area contributed by atoms with Crippen LogP contribution in [0.15, 0.2) is 30.3 Å². The van der Waals surface area contributed by atoms with Crippen molar-refractivity contribution in [3.05, 3.63) is 62.9 Å². The first-order valence-corrected chi connectivity index (χ1v) is 3.65. The Morgan fingerprint density at radius 1 is 1.00 bits per heavy atom. The summed E-state index contributed by atoms with van der Waals surface area (Å²) in [7, 11) is 0. The van der Waals surface area contributed by atoms with Gasteiger partial charge in [-0.1, -0.05) is 6.92 Å². The van der Waals surface area contributed by atoms with E-state index in [2.05, 4.69) is 25.1 Å². The SMILES string of the molecule is Cc1c[c-]c2ccc[c-]c2c1.[CH3-].[CH3-].[Y].[Y]. The van der Waals surface area contributed by atoms with Crippen LogP contribution in [0.3, 0.4) is 0 Å². The Balaban J connectivity index is -0.000000360. The van der Waals surface area contributed by atoms with Crippen molar-refractivity contribution < 1.29 is 65.4 Å². The van der Waals surface area contributed by atoms with Crippen molar-refractivity contribution in [3.8, 4) is 0 Å². The van der Waals surface area contributed by atoms with E-state index in [1.165, 1.54) is 5.56 Å². The molecule has 15 heavy (non-hydrogen) atoms. The fraction of sp³-hybridized carbons (Fsp3) is 0.0769. The van der Waals surface area contributed by atoms with Crippen LogP contribution in [-0.2, 0) is 65.4 Å². The van der Waals surface area contributed by atoms with E-state index in [-0.39, 0.29) is 80.3 Å². The van der Waals surface area contributed by atoms with Crippen LogP contribution in [0.4, 0.5) is 0 Å². The molecule has 76 valence electrons. The molecule has 0 unspecified atom stereocenters. The van der Waals surface area contributed by atoms with Gasteiger partial charge in [-0.25, -0.2) is 22.9 Å². The first-order valence-electron chi connectivity index (χ1n) is 3.65. The van der Waals surface area contributed by atoms with Crippen LogP contribution in [0.5, 0.6) is 0 Å². The third kappa shape index (κ3) is 5.68. The molecule has 0 aliphatic rings. The first-order chi connectivity index (χ1) is 5.36. The zero-order valence-corrected chi connectivity index (χ0v) is 15.2. The number of hydrogen-bond donors (Lipinski definition) is 0. The Labute approximate surface area is 144 Å². The number of benzene rings is 2. The van der Waals surface area contributed by atoms with Crippen LogP contribution in [0.2, 0.25) is 0 Å². The van der Waals surface area contributed by atoms with Crippen molar-refractivity contribution in [1.82, 2.24) is 0 Å². The van der Waals surface area contributed by atoms with Gasteiger partial charge in [0.05, 0.1) is 0 Å². The van der Waals surface area contributed by atoms with Gasteiger partial charge in [0.15, 0.2) is 0 Å². The molecule has 0 bridgehead atoms. The van der Waals surface area contributed by atoms with Gasteiger partial charge in [0, 0.05) is 65.4 Å². The quantitative estimate of drug-likeness (QED) is 0.638. The molecule has 0 atom stereocenters. The predicted octanol–water partition coefficient (Wildman–Crippen LogP) is 3.64. The summed E-state index contributed by atoms with van der Waals surface area (Å²) in [5.41, 5.74) is 1.24. The molecule has 0 nitrogen and oxygen atoms in total. The number of rotatable bonds is 0. The molecular formula is C13H14Y2-4. The van der Waals surface area contributed by atoms with Gasteiger partial charge < -0.3 is 14.9 Å². The largest absolute Gasteiger partial charge is 0.358 e. The summed E-state index contributed by atoms with van der Waals surface area (Å²) in [6.45, 7) is 2.07. The number of hydrogen-bond acceptors (Lipinski definition) is 0. The van der Waals surface area contributed by atoms with Crippen LogP contribution in [0.1, 0.15) is 5.56 Å². The second-order valence-electron chi connectivity index (χ2n) is 2.67. The van der Waals surface area contributed by atoms with Gasteiger partial charge in [0.1, 0.15) is 0 Å². The van der Waals surface area contributed by atoms with E-state index in [4.69, 9.17) is 0 Å². The van der Waals surface area contributed by atoms with Gasteiger partial charge in [-0.15, -0.1) is 0 Å². The Morgan fingerprint density at radius 2 is 1.67 bits per heavy atom. The summed E-state index contributed by atoms with van der Waals surface area (Å²) in [5.74, 6) is 0. The number of aryl methyl sites for hydroxylation is 1. The summed E-state index contributed by atoms with van der Waals surface area (Å²) < 4.78 is 0. The van der Waals surface area contributed by atoms with Gasteiger partial charge >= 0.3 is 0 Å². The molecule has 0 heterocycles. The zero-order chi connectivity index (χ0) is 7.68. The van der Waals surface area contributed by atoms with Gasteiger partial charge in [-0.2, -0.15) is 35.9 Å². The van der Waals surface area contributed by atoms with Crippen molar-refractivity contribution in [2.45, 2.75) is 6.92 Å². The molecule has 0 spiro atoms. The standard InChI is InChI=1S/C11H8.2CH3.2Y/c1-9-6-7-10-4-2-3-5-11(10)8-9;;;;/h2-4,6,8H,1H3;2*1H3;;/q-2;2*-1;;. The smallest absolute Gasteiger partial charge is 0 e. The summed E-state index contributed by atoms with van der Waals surface area (Å²) in [6.07, 6.45) is 0. The topological polar surface area (TPSA) is 0 Å². The molecule has 2 aromatic rings. The second kappa shape index (κ2) is 10.1. The van der Waals surface area contributed by atoms with Crippen molar-refractivity contribution in [1.29, 1.82) is 0 Å². The van der Waals surface area contributed by atoms with E-state index in [1.807, 2.05) is 24.3 Å². The third-order valence-electron chi connectivity index (χ3n) is 1.72. The Hall–Kier alpha value is 0.908. The van der Waals surface area contributed by atoms with Crippen LogP contribution in [0, 0.1) is 33.9 Å². The minimum atomic E-state index is 0. The fourth-order valence-electron chi connectivity index (χ4n) is 1.16. The monoisotopic (exact) mass is 348 g/mol. The molecular weight excluding hydrogens is 334 g/mol. The minimum absolute atomic E-state index is 0. The van der Waals surface area contributed by atoms with E-state index in [0.717, 1.165) is 10.8 Å². The molecule has 2 aromatic carbocycles. The maximum atomic E-state index is 3.19. The maximum absolute atomic E-state index is 3.19. The van der Waals surface area contributed by atoms with E-state index < -0.39 is 0 Å². The Kier molecular flexibility index (Phi) is 14.3. The third-order valence-corrected chi connectivity index (χ3v) is 1.72. The minimum Gasteiger partial charge on any atom is -0.358 e. The van der Waals surface area contributed by atoms with Crippen molar-refractivity contribution >= 4 is 10.8 Å². The summed E-state index contributed by atoms with van der Waals surface area (Å²) in [6, 6.07) is 16.4. The van der Waals surface area contributed by atoms with Gasteiger partial charge in [0.2, 0.25) is 0 Å². The van der Waals surface area contributed by atoms with E-state index in [9.17, 15) is 0 Å². The predicted molar refractivity (Wildman–Crippen MR) is 59.2 cm³/mol. The molecule has 2 rings (SSSR count). The first kappa shape index (κ1) is 21.2. The van der Waals surface area contributed by atoms with Crippen LogP contribution >= 0.6 is 0 Å². The molecule has 0 aliphatic carbocycles. The Morgan fingerprint density at radius 3 is 2.33 bits per heavy atom. The molecule has 0 N–H and O–H groups in total. The van der Waals surface area contributed by atoms with Crippen molar-refractivity contribution in [2.75, 3.05) is 0 Å². The molecule has 2 radical (unpaired) electrons. The van der Waals surface area contributed by atoms with Gasteiger partial charge in [-0.3, -0.25) is 0 Å².